The fourth-order valence-electron chi connectivity index (χ4n) is 1.67. The summed E-state index contributed by atoms with van der Waals surface area (Å²) in [6.45, 7) is 2.40. The molecule has 0 fully saturated rings. The summed E-state index contributed by atoms with van der Waals surface area (Å²) in [6, 6.07) is 4.26. The second-order valence-electron chi connectivity index (χ2n) is 4.53. The Hall–Kier alpha value is -1.40. The Morgan fingerprint density at radius 1 is 1.37 bits per heavy atom. The van der Waals surface area contributed by atoms with Crippen molar-refractivity contribution < 1.29 is 9.59 Å². The van der Waals surface area contributed by atoms with Gasteiger partial charge in [0.05, 0.1) is 6.04 Å². The van der Waals surface area contributed by atoms with E-state index in [2.05, 4.69) is 21.6 Å². The van der Waals surface area contributed by atoms with Gasteiger partial charge in [-0.15, -0.1) is 11.3 Å². The third kappa shape index (κ3) is 5.85. The Kier molecular flexibility index (Phi) is 6.52. The van der Waals surface area contributed by atoms with Crippen LogP contribution in [0.3, 0.4) is 0 Å². The van der Waals surface area contributed by atoms with Crippen LogP contribution in [0.4, 0.5) is 0 Å². The quantitative estimate of drug-likeness (QED) is 0.784. The normalized spacial score (nSPS) is 12.2. The molecule has 0 saturated carbocycles. The van der Waals surface area contributed by atoms with Gasteiger partial charge in [0.15, 0.2) is 0 Å². The van der Waals surface area contributed by atoms with E-state index in [4.69, 9.17) is 0 Å². The van der Waals surface area contributed by atoms with Crippen molar-refractivity contribution in [1.29, 1.82) is 0 Å². The Morgan fingerprint density at radius 3 is 2.63 bits per heavy atom. The first-order chi connectivity index (χ1) is 9.00. The van der Waals surface area contributed by atoms with E-state index < -0.39 is 0 Å². The number of rotatable bonds is 7. The lowest BCUT2D eigenvalue weighted by Crippen LogP contribution is -2.35. The molecule has 0 aromatic carbocycles. The molecule has 0 aliphatic rings. The van der Waals surface area contributed by atoms with Gasteiger partial charge in [0.25, 0.3) is 0 Å². The molecule has 1 heterocycles. The highest BCUT2D eigenvalue weighted by atomic mass is 32.1. The maximum Gasteiger partial charge on any atom is 0.221 e. The van der Waals surface area contributed by atoms with Crippen LogP contribution in [-0.2, 0) is 9.59 Å². The number of amides is 2. The molecule has 0 aliphatic carbocycles. The Balaban J connectivity index is 2.36. The average molecular weight is 283 g/mol. The van der Waals surface area contributed by atoms with E-state index in [0.717, 1.165) is 0 Å². The van der Waals surface area contributed by atoms with Gasteiger partial charge in [-0.25, -0.2) is 0 Å². The van der Waals surface area contributed by atoms with Crippen LogP contribution in [-0.4, -0.2) is 43.9 Å². The molecule has 106 valence electrons. The highest BCUT2D eigenvalue weighted by molar-refractivity contribution is 7.10. The first-order valence-corrected chi connectivity index (χ1v) is 7.09. The molecule has 2 amide bonds. The number of nitrogens with one attached hydrogen (secondary N) is 2. The van der Waals surface area contributed by atoms with E-state index in [1.165, 1.54) is 11.8 Å². The maximum atomic E-state index is 11.6. The van der Waals surface area contributed by atoms with Crippen LogP contribution in [0.25, 0.3) is 0 Å². The Morgan fingerprint density at radius 2 is 2.11 bits per heavy atom. The fourth-order valence-corrected chi connectivity index (χ4v) is 2.59. The number of carbonyl (C=O) groups excluding carboxylic acids is 2. The average Bonchev–Trinajstić information content (AvgIpc) is 2.82. The number of likely N-dealkylation sites (N-methyl/N-ethyl adjacent to an activating group) is 1. The number of thiophene rings is 1. The zero-order valence-corrected chi connectivity index (χ0v) is 12.4. The summed E-state index contributed by atoms with van der Waals surface area (Å²) in [6.07, 6.45) is 0.310. The van der Waals surface area contributed by atoms with Crippen LogP contribution < -0.4 is 10.6 Å². The molecular formula is C13H21N3O2S. The molecule has 1 aromatic rings. The molecule has 6 heteroatoms. The smallest absolute Gasteiger partial charge is 0.221 e. The Bertz CT molecular complexity index is 404. The van der Waals surface area contributed by atoms with E-state index in [1.807, 2.05) is 25.5 Å². The van der Waals surface area contributed by atoms with Crippen molar-refractivity contribution in [2.75, 3.05) is 27.2 Å². The van der Waals surface area contributed by atoms with Gasteiger partial charge in [-0.3, -0.25) is 9.59 Å². The van der Waals surface area contributed by atoms with Crippen LogP contribution in [0.1, 0.15) is 24.3 Å². The molecule has 0 bridgehead atoms. The van der Waals surface area contributed by atoms with E-state index >= 15 is 0 Å². The first kappa shape index (κ1) is 15.7. The molecule has 1 atom stereocenters. The van der Waals surface area contributed by atoms with Gasteiger partial charge >= 0.3 is 0 Å². The topological polar surface area (TPSA) is 61.4 Å². The molecule has 0 aliphatic heterocycles. The predicted octanol–water partition coefficient (Wildman–Crippen LogP) is 0.993. The highest BCUT2D eigenvalue weighted by Crippen LogP contribution is 2.22. The van der Waals surface area contributed by atoms with Crippen LogP contribution in [0, 0.1) is 0 Å². The van der Waals surface area contributed by atoms with E-state index in [0.29, 0.717) is 19.5 Å². The second kappa shape index (κ2) is 7.91. The molecule has 0 spiro atoms. The van der Waals surface area contributed by atoms with E-state index in [9.17, 15) is 9.59 Å². The molecule has 0 radical (unpaired) electrons. The fraction of sp³-hybridized carbons (Fsp3) is 0.538. The van der Waals surface area contributed by atoms with Crippen molar-refractivity contribution in [3.8, 4) is 0 Å². The van der Waals surface area contributed by atoms with Crippen molar-refractivity contribution in [2.24, 2.45) is 0 Å². The summed E-state index contributed by atoms with van der Waals surface area (Å²) in [7, 11) is 3.99. The van der Waals surface area contributed by atoms with Gasteiger partial charge in [-0.2, -0.15) is 0 Å². The molecule has 0 saturated heterocycles. The van der Waals surface area contributed by atoms with Crippen molar-refractivity contribution in [2.45, 2.75) is 19.4 Å². The van der Waals surface area contributed by atoms with Gasteiger partial charge in [-0.05, 0) is 25.5 Å². The SMILES string of the molecule is CC(=O)NCCC(=O)NCC(c1cccs1)N(C)C. The Labute approximate surface area is 118 Å². The maximum absolute atomic E-state index is 11.6. The molecule has 1 aromatic heterocycles. The van der Waals surface area contributed by atoms with Crippen LogP contribution in [0.5, 0.6) is 0 Å². The van der Waals surface area contributed by atoms with Gasteiger partial charge in [0.1, 0.15) is 0 Å². The van der Waals surface area contributed by atoms with Crippen LogP contribution in [0.2, 0.25) is 0 Å². The minimum atomic E-state index is -0.113. The van der Waals surface area contributed by atoms with Crippen molar-refractivity contribution in [1.82, 2.24) is 15.5 Å². The van der Waals surface area contributed by atoms with Crippen molar-refractivity contribution in [3.05, 3.63) is 22.4 Å². The van der Waals surface area contributed by atoms with Gasteiger partial charge < -0.3 is 15.5 Å². The summed E-state index contributed by atoms with van der Waals surface area (Å²) in [4.78, 5) is 25.6. The standard InChI is InChI=1S/C13H21N3O2S/c1-10(17)14-7-6-13(18)15-9-11(16(2)3)12-5-4-8-19-12/h4-5,8,11H,6-7,9H2,1-3H3,(H,14,17)(H,15,18). The zero-order valence-electron chi connectivity index (χ0n) is 11.6. The summed E-state index contributed by atoms with van der Waals surface area (Å²) < 4.78 is 0. The predicted molar refractivity (Wildman–Crippen MR) is 77.1 cm³/mol. The van der Waals surface area contributed by atoms with Crippen molar-refractivity contribution in [3.63, 3.8) is 0 Å². The van der Waals surface area contributed by atoms with Crippen LogP contribution in [0.15, 0.2) is 17.5 Å². The highest BCUT2D eigenvalue weighted by Gasteiger charge is 2.15. The van der Waals surface area contributed by atoms with E-state index in [-0.39, 0.29) is 17.9 Å². The van der Waals surface area contributed by atoms with Gasteiger partial charge in [-0.1, -0.05) is 6.07 Å². The molecule has 5 nitrogen and oxygen atoms in total. The molecule has 19 heavy (non-hydrogen) atoms. The molecule has 1 unspecified atom stereocenters. The number of hydrogen-bond donors (Lipinski definition) is 2. The first-order valence-electron chi connectivity index (χ1n) is 6.21. The van der Waals surface area contributed by atoms with Crippen molar-refractivity contribution >= 4 is 23.2 Å². The third-order valence-electron chi connectivity index (χ3n) is 2.71. The monoisotopic (exact) mass is 283 g/mol. The number of carbonyl (C=O) groups is 2. The lowest BCUT2D eigenvalue weighted by Gasteiger charge is -2.23. The largest absolute Gasteiger partial charge is 0.356 e. The summed E-state index contributed by atoms with van der Waals surface area (Å²) >= 11 is 1.68. The second-order valence-corrected chi connectivity index (χ2v) is 5.51. The molecular weight excluding hydrogens is 262 g/mol. The zero-order chi connectivity index (χ0) is 14.3. The minimum Gasteiger partial charge on any atom is -0.356 e. The van der Waals surface area contributed by atoms with Crippen LogP contribution >= 0.6 is 11.3 Å². The summed E-state index contributed by atoms with van der Waals surface area (Å²) in [5.41, 5.74) is 0. The summed E-state index contributed by atoms with van der Waals surface area (Å²) in [5.74, 6) is -0.158. The molecule has 1 rings (SSSR count). The summed E-state index contributed by atoms with van der Waals surface area (Å²) in [5, 5.41) is 7.54. The number of hydrogen-bond acceptors (Lipinski definition) is 4. The van der Waals surface area contributed by atoms with Gasteiger partial charge in [0, 0.05) is 31.3 Å². The van der Waals surface area contributed by atoms with Gasteiger partial charge in [0.2, 0.25) is 11.8 Å². The van der Waals surface area contributed by atoms with E-state index in [1.54, 1.807) is 11.3 Å². The molecule has 2 N–H and O–H groups in total. The minimum absolute atomic E-state index is 0.0443. The third-order valence-corrected chi connectivity index (χ3v) is 3.69. The lowest BCUT2D eigenvalue weighted by molar-refractivity contribution is -0.121. The lowest BCUT2D eigenvalue weighted by atomic mass is 10.2. The number of nitrogens with zero attached hydrogens (tertiary/aromatic N) is 1.